The average Bonchev–Trinajstić information content (AvgIpc) is 3.39. The number of H-pyrrole nitrogens is 1. The van der Waals surface area contributed by atoms with E-state index in [2.05, 4.69) is 26.8 Å². The number of nitrogens with zero attached hydrogens (tertiary/aromatic N) is 1. The van der Waals surface area contributed by atoms with Crippen LogP contribution in [0.3, 0.4) is 0 Å². The Bertz CT molecular complexity index is 1200. The minimum atomic E-state index is -0.375. The van der Waals surface area contributed by atoms with Crippen LogP contribution in [0, 0.1) is 6.92 Å². The maximum atomic E-state index is 12.5. The standard InChI is InChI=1S/C23H24N4O4/c1-14-11-21(27-31-14)26-23(28)25-13-18(16-8-6-10-20(29-2)22(16)30-3)17-12-24-19-9-5-4-7-15(17)19/h4-12,18,24H,13H2,1-3H3,(H2,25,26,27,28)/t18-/m0/s1. The predicted molar refractivity (Wildman–Crippen MR) is 118 cm³/mol. The van der Waals surface area contributed by atoms with E-state index in [-0.39, 0.29) is 11.9 Å². The molecular formula is C23H24N4O4. The molecule has 0 saturated carbocycles. The molecule has 4 rings (SSSR count). The van der Waals surface area contributed by atoms with Crippen molar-refractivity contribution in [2.45, 2.75) is 12.8 Å². The molecule has 0 spiro atoms. The number of para-hydroxylation sites is 2. The number of anilines is 1. The van der Waals surface area contributed by atoms with Gasteiger partial charge in [-0.25, -0.2) is 4.79 Å². The van der Waals surface area contributed by atoms with Gasteiger partial charge in [0.2, 0.25) is 0 Å². The molecule has 0 aliphatic carbocycles. The van der Waals surface area contributed by atoms with Crippen molar-refractivity contribution in [3.63, 3.8) is 0 Å². The second-order valence-electron chi connectivity index (χ2n) is 7.08. The molecule has 4 aromatic rings. The highest BCUT2D eigenvalue weighted by atomic mass is 16.5. The van der Waals surface area contributed by atoms with Crippen LogP contribution in [-0.4, -0.2) is 36.9 Å². The third-order valence-corrected chi connectivity index (χ3v) is 5.14. The number of nitrogens with one attached hydrogen (secondary N) is 3. The number of urea groups is 1. The minimum absolute atomic E-state index is 0.189. The Morgan fingerprint density at radius 2 is 1.97 bits per heavy atom. The smallest absolute Gasteiger partial charge is 0.320 e. The largest absolute Gasteiger partial charge is 0.493 e. The second kappa shape index (κ2) is 8.83. The molecule has 31 heavy (non-hydrogen) atoms. The first-order chi connectivity index (χ1) is 15.1. The second-order valence-corrected chi connectivity index (χ2v) is 7.08. The summed E-state index contributed by atoms with van der Waals surface area (Å²) >= 11 is 0. The number of aromatic amines is 1. The van der Waals surface area contributed by atoms with Crippen LogP contribution in [0.25, 0.3) is 10.9 Å². The Kier molecular flexibility index (Phi) is 5.79. The molecule has 0 radical (unpaired) electrons. The number of hydrogen-bond acceptors (Lipinski definition) is 5. The predicted octanol–water partition coefficient (Wildman–Crippen LogP) is 4.44. The molecule has 0 unspecified atom stereocenters. The van der Waals surface area contributed by atoms with Crippen LogP contribution < -0.4 is 20.1 Å². The number of methoxy groups -OCH3 is 2. The highest BCUT2D eigenvalue weighted by molar-refractivity contribution is 5.88. The van der Waals surface area contributed by atoms with Crippen LogP contribution in [-0.2, 0) is 0 Å². The van der Waals surface area contributed by atoms with Gasteiger partial charge in [-0.2, -0.15) is 0 Å². The van der Waals surface area contributed by atoms with Crippen molar-refractivity contribution in [2.24, 2.45) is 0 Å². The maximum Gasteiger partial charge on any atom is 0.320 e. The summed E-state index contributed by atoms with van der Waals surface area (Å²) in [6.07, 6.45) is 1.97. The summed E-state index contributed by atoms with van der Waals surface area (Å²) in [4.78, 5) is 15.8. The van der Waals surface area contributed by atoms with Gasteiger partial charge < -0.3 is 24.3 Å². The van der Waals surface area contributed by atoms with E-state index in [1.165, 1.54) is 0 Å². The maximum absolute atomic E-state index is 12.5. The fourth-order valence-corrected chi connectivity index (χ4v) is 3.74. The lowest BCUT2D eigenvalue weighted by Gasteiger charge is -2.22. The van der Waals surface area contributed by atoms with Crippen molar-refractivity contribution >= 4 is 22.8 Å². The molecule has 3 N–H and O–H groups in total. The van der Waals surface area contributed by atoms with E-state index in [9.17, 15) is 4.79 Å². The number of aromatic nitrogens is 2. The number of fused-ring (bicyclic) bond motifs is 1. The van der Waals surface area contributed by atoms with Crippen LogP contribution in [0.2, 0.25) is 0 Å². The van der Waals surface area contributed by atoms with Crippen molar-refractivity contribution in [2.75, 3.05) is 26.1 Å². The summed E-state index contributed by atoms with van der Waals surface area (Å²) < 4.78 is 16.2. The molecule has 2 aromatic heterocycles. The lowest BCUT2D eigenvalue weighted by Crippen LogP contribution is -2.33. The monoisotopic (exact) mass is 420 g/mol. The number of benzene rings is 2. The Morgan fingerprint density at radius 3 is 2.71 bits per heavy atom. The van der Waals surface area contributed by atoms with Gasteiger partial charge in [-0.3, -0.25) is 5.32 Å². The zero-order valence-electron chi connectivity index (χ0n) is 17.6. The summed E-state index contributed by atoms with van der Waals surface area (Å²) in [5.74, 6) is 2.05. The van der Waals surface area contributed by atoms with Gasteiger partial charge in [0, 0.05) is 41.2 Å². The number of amides is 2. The van der Waals surface area contributed by atoms with Crippen molar-refractivity contribution in [1.29, 1.82) is 0 Å². The average molecular weight is 420 g/mol. The number of carbonyl (C=O) groups is 1. The molecular weight excluding hydrogens is 396 g/mol. The summed E-state index contributed by atoms with van der Waals surface area (Å²) in [6, 6.07) is 15.1. The highest BCUT2D eigenvalue weighted by Gasteiger charge is 2.24. The van der Waals surface area contributed by atoms with Gasteiger partial charge in [0.1, 0.15) is 5.76 Å². The number of rotatable bonds is 7. The van der Waals surface area contributed by atoms with Gasteiger partial charge in [-0.05, 0) is 24.6 Å². The topological polar surface area (TPSA) is 101 Å². The van der Waals surface area contributed by atoms with Gasteiger partial charge in [0.25, 0.3) is 0 Å². The molecule has 0 aliphatic heterocycles. The van der Waals surface area contributed by atoms with E-state index in [1.54, 1.807) is 27.2 Å². The van der Waals surface area contributed by atoms with Crippen molar-refractivity contribution in [3.05, 3.63) is 71.6 Å². The fraction of sp³-hybridized carbons (Fsp3) is 0.217. The van der Waals surface area contributed by atoms with Gasteiger partial charge in [0.05, 0.1) is 14.2 Å². The number of ether oxygens (including phenoxy) is 2. The van der Waals surface area contributed by atoms with Gasteiger partial charge in [-0.15, -0.1) is 0 Å². The molecule has 160 valence electrons. The van der Waals surface area contributed by atoms with Crippen molar-refractivity contribution in [3.8, 4) is 11.5 Å². The molecule has 0 bridgehead atoms. The lowest BCUT2D eigenvalue weighted by molar-refractivity contribution is 0.251. The highest BCUT2D eigenvalue weighted by Crippen LogP contribution is 2.40. The number of carbonyl (C=O) groups excluding carboxylic acids is 1. The van der Waals surface area contributed by atoms with Crippen LogP contribution in [0.1, 0.15) is 22.8 Å². The van der Waals surface area contributed by atoms with Crippen LogP contribution in [0.5, 0.6) is 11.5 Å². The quantitative estimate of drug-likeness (QED) is 0.410. The van der Waals surface area contributed by atoms with Crippen LogP contribution in [0.15, 0.2) is 59.3 Å². The molecule has 1 atom stereocenters. The first-order valence-corrected chi connectivity index (χ1v) is 9.85. The zero-order valence-corrected chi connectivity index (χ0v) is 17.6. The summed E-state index contributed by atoms with van der Waals surface area (Å²) in [5.41, 5.74) is 2.97. The molecule has 0 aliphatic rings. The van der Waals surface area contributed by atoms with Gasteiger partial charge in [0.15, 0.2) is 17.3 Å². The van der Waals surface area contributed by atoms with Gasteiger partial charge >= 0.3 is 6.03 Å². The summed E-state index contributed by atoms with van der Waals surface area (Å²) in [6.45, 7) is 2.09. The number of hydrogen-bond donors (Lipinski definition) is 3. The summed E-state index contributed by atoms with van der Waals surface area (Å²) in [7, 11) is 3.22. The minimum Gasteiger partial charge on any atom is -0.493 e. The molecule has 2 aromatic carbocycles. The zero-order chi connectivity index (χ0) is 21.8. The first-order valence-electron chi connectivity index (χ1n) is 9.85. The summed E-state index contributed by atoms with van der Waals surface area (Å²) in [5, 5.41) is 10.5. The lowest BCUT2D eigenvalue weighted by atomic mass is 9.90. The Morgan fingerprint density at radius 1 is 1.13 bits per heavy atom. The van der Waals surface area contributed by atoms with E-state index < -0.39 is 0 Å². The Labute approximate surface area is 179 Å². The van der Waals surface area contributed by atoms with E-state index in [4.69, 9.17) is 14.0 Å². The SMILES string of the molecule is COc1cccc([C@H](CNC(=O)Nc2cc(C)on2)c2c[nH]c3ccccc23)c1OC. The van der Waals surface area contributed by atoms with Crippen molar-refractivity contribution in [1.82, 2.24) is 15.5 Å². The molecule has 0 fully saturated rings. The van der Waals surface area contributed by atoms with Gasteiger partial charge in [-0.1, -0.05) is 35.5 Å². The van der Waals surface area contributed by atoms with Crippen LogP contribution >= 0.6 is 0 Å². The van der Waals surface area contributed by atoms with Crippen LogP contribution in [0.4, 0.5) is 10.6 Å². The number of aryl methyl sites for hydroxylation is 1. The van der Waals surface area contributed by atoms with E-state index >= 15 is 0 Å². The molecule has 2 amide bonds. The van der Waals surface area contributed by atoms with E-state index in [0.29, 0.717) is 29.6 Å². The molecule has 2 heterocycles. The normalized spacial score (nSPS) is 11.8. The third kappa shape index (κ3) is 4.18. The molecule has 0 saturated heterocycles. The first kappa shape index (κ1) is 20.3. The fourth-order valence-electron chi connectivity index (χ4n) is 3.74. The molecule has 8 nitrogen and oxygen atoms in total. The van der Waals surface area contributed by atoms with E-state index in [1.807, 2.05) is 42.6 Å². The third-order valence-electron chi connectivity index (χ3n) is 5.14. The van der Waals surface area contributed by atoms with E-state index in [0.717, 1.165) is 22.0 Å². The Balaban J connectivity index is 1.67. The van der Waals surface area contributed by atoms with Crippen molar-refractivity contribution < 1.29 is 18.8 Å². The molecule has 8 heteroatoms. The Hall–Kier alpha value is -3.94.